The largest absolute Gasteiger partial charge is 0.494 e. The van der Waals surface area contributed by atoms with Gasteiger partial charge in [-0.3, -0.25) is 0 Å². The van der Waals surface area contributed by atoms with Gasteiger partial charge in [-0.2, -0.15) is 0 Å². The highest BCUT2D eigenvalue weighted by molar-refractivity contribution is 5.67. The summed E-state index contributed by atoms with van der Waals surface area (Å²) < 4.78 is 11.0. The van der Waals surface area contributed by atoms with Crippen LogP contribution in [0, 0.1) is 0 Å². The topological polar surface area (TPSA) is 73.7 Å². The molecule has 0 bridgehead atoms. The molecule has 0 unspecified atom stereocenters. The van der Waals surface area contributed by atoms with E-state index in [1.165, 1.54) is 0 Å². The summed E-state index contributed by atoms with van der Waals surface area (Å²) >= 11 is 0. The zero-order chi connectivity index (χ0) is 12.4. The van der Waals surface area contributed by atoms with E-state index in [1.54, 1.807) is 19.2 Å². The third-order valence-corrected chi connectivity index (χ3v) is 3.00. The van der Waals surface area contributed by atoms with E-state index in [2.05, 4.69) is 11.9 Å². The van der Waals surface area contributed by atoms with Gasteiger partial charge in [-0.15, -0.1) is 0 Å². The molecule has 0 amide bonds. The summed E-state index contributed by atoms with van der Waals surface area (Å²) in [7, 11) is 3.66. The minimum atomic E-state index is 0.190. The second kappa shape index (κ2) is 4.71. The van der Waals surface area contributed by atoms with E-state index in [-0.39, 0.29) is 6.10 Å². The maximum atomic E-state index is 5.88. The summed E-state index contributed by atoms with van der Waals surface area (Å²) in [5.74, 6) is 1.25. The molecule has 1 aliphatic heterocycles. The summed E-state index contributed by atoms with van der Waals surface area (Å²) in [6.07, 6.45) is 1.21. The normalized spacial score (nSPS) is 20.5. The maximum absolute atomic E-state index is 5.88. The van der Waals surface area contributed by atoms with Gasteiger partial charge >= 0.3 is 0 Å². The van der Waals surface area contributed by atoms with Gasteiger partial charge < -0.3 is 25.8 Å². The van der Waals surface area contributed by atoms with Gasteiger partial charge in [0.25, 0.3) is 0 Å². The molecule has 1 fully saturated rings. The zero-order valence-electron chi connectivity index (χ0n) is 10.3. The van der Waals surface area contributed by atoms with Crippen molar-refractivity contribution in [1.29, 1.82) is 0 Å². The molecule has 94 valence electrons. The van der Waals surface area contributed by atoms with E-state index in [9.17, 15) is 0 Å². The molecule has 0 saturated carbocycles. The Labute approximate surface area is 101 Å². The number of rotatable bonds is 3. The number of nitrogen functional groups attached to an aromatic ring is 2. The molecule has 4 N–H and O–H groups in total. The summed E-state index contributed by atoms with van der Waals surface area (Å²) in [5, 5.41) is 0. The number of hydrogen-bond donors (Lipinski definition) is 2. The van der Waals surface area contributed by atoms with Gasteiger partial charge in [0.05, 0.1) is 18.5 Å². The molecule has 0 spiro atoms. The zero-order valence-corrected chi connectivity index (χ0v) is 10.3. The molecule has 1 saturated heterocycles. The molecule has 1 heterocycles. The van der Waals surface area contributed by atoms with Crippen LogP contribution >= 0.6 is 0 Å². The highest BCUT2D eigenvalue weighted by atomic mass is 16.5. The Balaban J connectivity index is 2.15. The Morgan fingerprint density at radius 1 is 1.24 bits per heavy atom. The number of nitrogens with zero attached hydrogens (tertiary/aromatic N) is 1. The predicted octanol–water partition coefficient (Wildman–Crippen LogP) is 0.942. The Kier molecular flexibility index (Phi) is 3.28. The number of benzene rings is 1. The average Bonchev–Trinajstić information content (AvgIpc) is 2.68. The summed E-state index contributed by atoms with van der Waals surface area (Å²) in [6, 6.07) is 3.43. The Hall–Kier alpha value is -1.62. The first-order chi connectivity index (χ1) is 8.10. The van der Waals surface area contributed by atoms with Crippen molar-refractivity contribution in [2.75, 3.05) is 38.7 Å². The van der Waals surface area contributed by atoms with Gasteiger partial charge in [-0.05, 0) is 19.5 Å². The highest BCUT2D eigenvalue weighted by Gasteiger charge is 2.22. The second-order valence-corrected chi connectivity index (χ2v) is 4.42. The SMILES string of the molecule is COc1cc(O[C@@H]2CCN(C)C2)c(N)cc1N. The number of nitrogens with two attached hydrogens (primary N) is 2. The molecule has 2 rings (SSSR count). The number of methoxy groups -OCH3 is 1. The van der Waals surface area contributed by atoms with Gasteiger partial charge in [-0.25, -0.2) is 0 Å². The highest BCUT2D eigenvalue weighted by Crippen LogP contribution is 2.34. The van der Waals surface area contributed by atoms with E-state index >= 15 is 0 Å². The molecule has 0 aliphatic carbocycles. The molecule has 5 heteroatoms. The fourth-order valence-electron chi connectivity index (χ4n) is 2.04. The van der Waals surface area contributed by atoms with Crippen LogP contribution in [-0.4, -0.2) is 38.3 Å². The van der Waals surface area contributed by atoms with Crippen molar-refractivity contribution >= 4 is 11.4 Å². The van der Waals surface area contributed by atoms with Crippen molar-refractivity contribution in [2.45, 2.75) is 12.5 Å². The van der Waals surface area contributed by atoms with E-state index in [4.69, 9.17) is 20.9 Å². The van der Waals surface area contributed by atoms with Crippen LogP contribution in [-0.2, 0) is 0 Å². The molecular formula is C12H19N3O2. The van der Waals surface area contributed by atoms with Crippen molar-refractivity contribution < 1.29 is 9.47 Å². The van der Waals surface area contributed by atoms with Crippen molar-refractivity contribution in [2.24, 2.45) is 0 Å². The number of likely N-dealkylation sites (N-methyl/N-ethyl adjacent to an activating group) is 1. The van der Waals surface area contributed by atoms with Crippen LogP contribution in [0.5, 0.6) is 11.5 Å². The summed E-state index contributed by atoms with van der Waals surface area (Å²) in [6.45, 7) is 1.98. The minimum Gasteiger partial charge on any atom is -0.494 e. The Bertz CT molecular complexity index is 409. The molecule has 0 aromatic heterocycles. The molecule has 0 radical (unpaired) electrons. The molecular weight excluding hydrogens is 218 g/mol. The fraction of sp³-hybridized carbons (Fsp3) is 0.500. The predicted molar refractivity (Wildman–Crippen MR) is 68.3 cm³/mol. The monoisotopic (exact) mass is 237 g/mol. The van der Waals surface area contributed by atoms with Crippen molar-refractivity contribution in [3.8, 4) is 11.5 Å². The molecule has 1 aromatic rings. The van der Waals surface area contributed by atoms with Crippen molar-refractivity contribution in [1.82, 2.24) is 4.90 Å². The van der Waals surface area contributed by atoms with E-state index in [0.717, 1.165) is 19.5 Å². The van der Waals surface area contributed by atoms with Crippen LogP contribution in [0.2, 0.25) is 0 Å². The summed E-state index contributed by atoms with van der Waals surface area (Å²) in [5.41, 5.74) is 12.7. The number of ether oxygens (including phenoxy) is 2. The van der Waals surface area contributed by atoms with Crippen molar-refractivity contribution in [3.05, 3.63) is 12.1 Å². The second-order valence-electron chi connectivity index (χ2n) is 4.42. The maximum Gasteiger partial charge on any atom is 0.146 e. The van der Waals surface area contributed by atoms with Crippen LogP contribution in [0.15, 0.2) is 12.1 Å². The van der Waals surface area contributed by atoms with Gasteiger partial charge in [0.2, 0.25) is 0 Å². The first-order valence-electron chi connectivity index (χ1n) is 5.68. The fourth-order valence-corrected chi connectivity index (χ4v) is 2.04. The first-order valence-corrected chi connectivity index (χ1v) is 5.68. The lowest BCUT2D eigenvalue weighted by Gasteiger charge is -2.17. The van der Waals surface area contributed by atoms with E-state index in [0.29, 0.717) is 22.9 Å². The van der Waals surface area contributed by atoms with Crippen LogP contribution in [0.25, 0.3) is 0 Å². The molecule has 17 heavy (non-hydrogen) atoms. The summed E-state index contributed by atoms with van der Waals surface area (Å²) in [4.78, 5) is 2.23. The quantitative estimate of drug-likeness (QED) is 0.765. The number of anilines is 2. The third kappa shape index (κ3) is 2.55. The lowest BCUT2D eigenvalue weighted by Crippen LogP contribution is -2.21. The first kappa shape index (κ1) is 11.9. The van der Waals surface area contributed by atoms with Crippen molar-refractivity contribution in [3.63, 3.8) is 0 Å². The van der Waals surface area contributed by atoms with Gasteiger partial charge in [0.15, 0.2) is 0 Å². The molecule has 1 atom stereocenters. The Morgan fingerprint density at radius 2 is 1.94 bits per heavy atom. The van der Waals surface area contributed by atoms with Crippen LogP contribution < -0.4 is 20.9 Å². The molecule has 1 aromatic carbocycles. The molecule has 1 aliphatic rings. The van der Waals surface area contributed by atoms with E-state index in [1.807, 2.05) is 0 Å². The van der Waals surface area contributed by atoms with Crippen LogP contribution in [0.4, 0.5) is 11.4 Å². The standard InChI is InChI=1S/C12H19N3O2/c1-15-4-3-8(7-15)17-12-6-11(16-2)9(13)5-10(12)14/h5-6,8H,3-4,7,13-14H2,1-2H3/t8-/m1/s1. The number of likely N-dealkylation sites (tertiary alicyclic amines) is 1. The minimum absolute atomic E-state index is 0.190. The van der Waals surface area contributed by atoms with Gasteiger partial charge in [0, 0.05) is 19.2 Å². The lowest BCUT2D eigenvalue weighted by molar-refractivity contribution is 0.208. The molecule has 5 nitrogen and oxygen atoms in total. The lowest BCUT2D eigenvalue weighted by atomic mass is 10.2. The van der Waals surface area contributed by atoms with Crippen LogP contribution in [0.1, 0.15) is 6.42 Å². The van der Waals surface area contributed by atoms with Crippen LogP contribution in [0.3, 0.4) is 0 Å². The smallest absolute Gasteiger partial charge is 0.146 e. The van der Waals surface area contributed by atoms with Gasteiger partial charge in [0.1, 0.15) is 17.6 Å². The van der Waals surface area contributed by atoms with Gasteiger partial charge in [-0.1, -0.05) is 0 Å². The average molecular weight is 237 g/mol. The van der Waals surface area contributed by atoms with E-state index < -0.39 is 0 Å². The Morgan fingerprint density at radius 3 is 2.53 bits per heavy atom. The number of hydrogen-bond acceptors (Lipinski definition) is 5. The third-order valence-electron chi connectivity index (χ3n) is 3.00.